The Balaban J connectivity index is 1.38. The molecule has 2 aromatic carbocycles. The third kappa shape index (κ3) is 5.10. The Morgan fingerprint density at radius 1 is 1.09 bits per heavy atom. The van der Waals surface area contributed by atoms with E-state index in [1.807, 2.05) is 31.2 Å². The Kier molecular flexibility index (Phi) is 6.43. The normalized spacial score (nSPS) is 10.6. The van der Waals surface area contributed by atoms with E-state index in [1.54, 1.807) is 24.3 Å². The van der Waals surface area contributed by atoms with Crippen molar-refractivity contribution in [1.29, 1.82) is 0 Å². The van der Waals surface area contributed by atoms with Crippen molar-refractivity contribution in [3.8, 4) is 17.1 Å². The summed E-state index contributed by atoms with van der Waals surface area (Å²) < 4.78 is 10.9. The number of thiocarbonyl (C=S) groups is 1. The van der Waals surface area contributed by atoms with Gasteiger partial charge in [-0.15, -0.1) is 0 Å². The molecule has 32 heavy (non-hydrogen) atoms. The highest BCUT2D eigenvalue weighted by atomic mass is 35.5. The van der Waals surface area contributed by atoms with E-state index in [4.69, 9.17) is 33.1 Å². The van der Waals surface area contributed by atoms with E-state index in [0.29, 0.717) is 16.1 Å². The van der Waals surface area contributed by atoms with Crippen LogP contribution in [-0.2, 0) is 4.79 Å². The summed E-state index contributed by atoms with van der Waals surface area (Å²) in [6, 6.07) is 14.7. The molecular weight excluding hydrogens is 452 g/mol. The number of ether oxygens (including phenoxy) is 1. The second-order valence-corrected chi connectivity index (χ2v) is 7.52. The van der Waals surface area contributed by atoms with Gasteiger partial charge >= 0.3 is 0 Å². The molecule has 9 nitrogen and oxygen atoms in total. The summed E-state index contributed by atoms with van der Waals surface area (Å²) in [5.74, 6) is -0.300. The van der Waals surface area contributed by atoms with Crippen LogP contribution in [0.5, 0.6) is 5.88 Å². The van der Waals surface area contributed by atoms with Gasteiger partial charge in [0.05, 0.1) is 0 Å². The predicted octanol–water partition coefficient (Wildman–Crippen LogP) is 3.64. The number of amides is 1. The topological polar surface area (TPSA) is 114 Å². The number of aryl methyl sites for hydroxylation is 1. The van der Waals surface area contributed by atoms with Crippen LogP contribution >= 0.6 is 23.8 Å². The molecule has 0 unspecified atom stereocenters. The monoisotopic (exact) mass is 468 g/mol. The number of anilines is 1. The van der Waals surface area contributed by atoms with Gasteiger partial charge in [-0.25, -0.2) is 4.98 Å². The predicted molar refractivity (Wildman–Crippen MR) is 124 cm³/mol. The maximum Gasteiger partial charge on any atom is 0.276 e. The van der Waals surface area contributed by atoms with Crippen LogP contribution in [0.2, 0.25) is 5.02 Å². The van der Waals surface area contributed by atoms with Crippen molar-refractivity contribution < 1.29 is 14.1 Å². The number of carbonyl (C=O) groups is 1. The molecule has 0 atom stereocenters. The minimum atomic E-state index is -0.464. The van der Waals surface area contributed by atoms with Crippen LogP contribution in [-0.4, -0.2) is 32.8 Å². The summed E-state index contributed by atoms with van der Waals surface area (Å²) >= 11 is 11.1. The Morgan fingerprint density at radius 3 is 2.59 bits per heavy atom. The number of hydrazine groups is 1. The number of benzene rings is 2. The molecule has 0 saturated heterocycles. The van der Waals surface area contributed by atoms with Crippen molar-refractivity contribution >= 4 is 51.6 Å². The SMILES string of the molecule is Cc1ccc(NC(=S)NNC(=O)COc2ncnc3onc(-c4ccc(Cl)cc4)c23)cc1. The lowest BCUT2D eigenvalue weighted by atomic mass is 10.1. The summed E-state index contributed by atoms with van der Waals surface area (Å²) in [5.41, 5.74) is 8.47. The number of carbonyl (C=O) groups excluding carboxylic acids is 1. The van der Waals surface area contributed by atoms with Gasteiger partial charge in [-0.05, 0) is 43.4 Å². The molecule has 1 amide bonds. The van der Waals surface area contributed by atoms with Crippen molar-refractivity contribution in [2.45, 2.75) is 6.92 Å². The number of rotatable bonds is 5. The van der Waals surface area contributed by atoms with Crippen LogP contribution in [0, 0.1) is 6.92 Å². The van der Waals surface area contributed by atoms with E-state index in [9.17, 15) is 4.79 Å². The first-order valence-electron chi connectivity index (χ1n) is 9.41. The van der Waals surface area contributed by atoms with Crippen molar-refractivity contribution in [3.63, 3.8) is 0 Å². The highest BCUT2D eigenvalue weighted by Crippen LogP contribution is 2.32. The summed E-state index contributed by atoms with van der Waals surface area (Å²) in [6.45, 7) is 1.67. The minimum absolute atomic E-state index is 0.164. The number of nitrogens with zero attached hydrogens (tertiary/aromatic N) is 3. The van der Waals surface area contributed by atoms with Gasteiger partial charge in [0, 0.05) is 16.3 Å². The molecule has 0 radical (unpaired) electrons. The molecule has 11 heteroatoms. The Labute approximate surface area is 193 Å². The lowest BCUT2D eigenvalue weighted by Gasteiger charge is -2.12. The third-order valence-corrected chi connectivity index (χ3v) is 4.78. The van der Waals surface area contributed by atoms with Crippen molar-refractivity contribution in [2.75, 3.05) is 11.9 Å². The van der Waals surface area contributed by atoms with Gasteiger partial charge in [0.2, 0.25) is 5.88 Å². The van der Waals surface area contributed by atoms with E-state index in [-0.39, 0.29) is 23.3 Å². The number of hydrogen-bond acceptors (Lipinski definition) is 7. The van der Waals surface area contributed by atoms with Gasteiger partial charge in [-0.3, -0.25) is 15.6 Å². The zero-order chi connectivity index (χ0) is 22.5. The largest absolute Gasteiger partial charge is 0.467 e. The fraction of sp³-hybridized carbons (Fsp3) is 0.0952. The molecule has 0 aliphatic carbocycles. The maximum atomic E-state index is 12.2. The molecular formula is C21H17ClN6O3S. The first-order valence-corrected chi connectivity index (χ1v) is 10.2. The second kappa shape index (κ2) is 9.58. The lowest BCUT2D eigenvalue weighted by Crippen LogP contribution is -2.45. The van der Waals surface area contributed by atoms with Crippen LogP contribution in [0.4, 0.5) is 5.69 Å². The molecule has 0 bridgehead atoms. The average Bonchev–Trinajstić information content (AvgIpc) is 3.23. The zero-order valence-corrected chi connectivity index (χ0v) is 18.3. The lowest BCUT2D eigenvalue weighted by molar-refractivity contribution is -0.123. The smallest absolute Gasteiger partial charge is 0.276 e. The average molecular weight is 469 g/mol. The Morgan fingerprint density at radius 2 is 1.84 bits per heavy atom. The summed E-state index contributed by atoms with van der Waals surface area (Å²) in [6.07, 6.45) is 1.27. The molecule has 2 aromatic heterocycles. The molecule has 162 valence electrons. The van der Waals surface area contributed by atoms with Crippen LogP contribution in [0.25, 0.3) is 22.4 Å². The number of aromatic nitrogens is 3. The zero-order valence-electron chi connectivity index (χ0n) is 16.8. The number of hydrogen-bond donors (Lipinski definition) is 3. The molecule has 2 heterocycles. The van der Waals surface area contributed by atoms with E-state index in [2.05, 4.69) is 31.3 Å². The van der Waals surface area contributed by atoms with E-state index < -0.39 is 5.91 Å². The van der Waals surface area contributed by atoms with Gasteiger partial charge in [0.15, 0.2) is 11.7 Å². The second-order valence-electron chi connectivity index (χ2n) is 6.68. The van der Waals surface area contributed by atoms with Gasteiger partial charge in [-0.2, -0.15) is 4.98 Å². The molecule has 0 aliphatic rings. The van der Waals surface area contributed by atoms with Crippen molar-refractivity contribution in [1.82, 2.24) is 26.0 Å². The van der Waals surface area contributed by atoms with Gasteiger partial charge < -0.3 is 14.6 Å². The molecule has 4 rings (SSSR count). The fourth-order valence-corrected chi connectivity index (χ4v) is 3.07. The van der Waals surface area contributed by atoms with Crippen LogP contribution in [0.15, 0.2) is 59.4 Å². The number of halogens is 1. The Hall–Kier alpha value is -3.76. The maximum absolute atomic E-state index is 12.2. The van der Waals surface area contributed by atoms with E-state index in [1.165, 1.54) is 6.33 Å². The fourth-order valence-electron chi connectivity index (χ4n) is 2.77. The molecule has 0 fully saturated rings. The van der Waals surface area contributed by atoms with Crippen LogP contribution < -0.4 is 20.9 Å². The Bertz CT molecular complexity index is 1260. The number of fused-ring (bicyclic) bond motifs is 1. The molecule has 0 spiro atoms. The summed E-state index contributed by atoms with van der Waals surface area (Å²) in [5, 5.41) is 8.29. The summed E-state index contributed by atoms with van der Waals surface area (Å²) in [7, 11) is 0. The molecule has 3 N–H and O–H groups in total. The van der Waals surface area contributed by atoms with Gasteiger partial charge in [-0.1, -0.05) is 46.6 Å². The van der Waals surface area contributed by atoms with Crippen molar-refractivity contribution in [3.05, 3.63) is 65.4 Å². The van der Waals surface area contributed by atoms with Gasteiger partial charge in [0.25, 0.3) is 11.6 Å². The first-order chi connectivity index (χ1) is 15.5. The summed E-state index contributed by atoms with van der Waals surface area (Å²) in [4.78, 5) is 20.4. The molecule has 0 aliphatic heterocycles. The van der Waals surface area contributed by atoms with E-state index >= 15 is 0 Å². The molecule has 0 saturated carbocycles. The quantitative estimate of drug-likeness (QED) is 0.298. The van der Waals surface area contributed by atoms with Gasteiger partial charge in [0.1, 0.15) is 17.4 Å². The molecule has 4 aromatic rings. The van der Waals surface area contributed by atoms with Crippen LogP contribution in [0.1, 0.15) is 5.56 Å². The van der Waals surface area contributed by atoms with Crippen LogP contribution in [0.3, 0.4) is 0 Å². The standard InChI is InChI=1S/C21H17ClN6O3S/c1-12-2-8-15(9-3-12)25-21(32)27-26-16(29)10-30-19-17-18(13-4-6-14(22)7-5-13)28-31-20(17)24-11-23-19/h2-9,11H,10H2,1H3,(H,26,29)(H2,25,27,32). The first kappa shape index (κ1) is 21.5. The minimum Gasteiger partial charge on any atom is -0.467 e. The number of nitrogens with one attached hydrogen (secondary N) is 3. The van der Waals surface area contributed by atoms with E-state index in [0.717, 1.165) is 16.8 Å². The third-order valence-electron chi connectivity index (χ3n) is 4.32. The highest BCUT2D eigenvalue weighted by Gasteiger charge is 2.18. The highest BCUT2D eigenvalue weighted by molar-refractivity contribution is 7.80. The van der Waals surface area contributed by atoms with Crippen molar-refractivity contribution in [2.24, 2.45) is 0 Å².